The molecular weight excluding hydrogens is 1050 g/mol. The highest BCUT2D eigenvalue weighted by molar-refractivity contribution is 7.86. The third kappa shape index (κ3) is 15.1. The van der Waals surface area contributed by atoms with Crippen LogP contribution in [-0.4, -0.2) is 84.5 Å². The summed E-state index contributed by atoms with van der Waals surface area (Å²) in [7, 11) is -18.6. The van der Waals surface area contributed by atoms with Crippen LogP contribution in [0.4, 0.5) is 74.7 Å². The number of hydrogen-bond acceptors (Lipinski definition) is 23. The summed E-state index contributed by atoms with van der Waals surface area (Å²) >= 11 is 0. The van der Waals surface area contributed by atoms with E-state index in [1.807, 2.05) is 0 Å². The molecule has 0 saturated heterocycles. The van der Waals surface area contributed by atoms with E-state index >= 15 is 0 Å². The Morgan fingerprint density at radius 2 is 0.716 bits per heavy atom. The van der Waals surface area contributed by atoms with Crippen LogP contribution in [-0.2, 0) is 45.3 Å². The second-order valence-electron chi connectivity index (χ2n) is 14.7. The zero-order chi connectivity index (χ0) is 53.3. The molecule has 0 atom stereocenters. The monoisotopic (exact) mass is 1090 g/mol. The molecule has 7 rings (SSSR count). The quantitative estimate of drug-likeness (QED) is 0.0260. The summed E-state index contributed by atoms with van der Waals surface area (Å²) in [5.41, 5.74) is 1.16. The maximum atomic E-state index is 12.3. The van der Waals surface area contributed by atoms with E-state index in [2.05, 4.69) is 71.8 Å². The third-order valence-corrected chi connectivity index (χ3v) is 12.8. The normalized spacial score (nSPS) is 12.5. The molecule has 6 aromatic carbocycles. The molecule has 380 valence electrons. The molecule has 0 aliphatic carbocycles. The first-order valence-electron chi connectivity index (χ1n) is 20.5. The van der Waals surface area contributed by atoms with Crippen LogP contribution in [0, 0.1) is 0 Å². The van der Waals surface area contributed by atoms with Crippen LogP contribution in [0.1, 0.15) is 6.42 Å². The molecule has 1 aromatic heterocycles. The van der Waals surface area contributed by atoms with Gasteiger partial charge in [-0.2, -0.15) is 79.3 Å². The van der Waals surface area contributed by atoms with Crippen molar-refractivity contribution in [1.82, 2.24) is 15.0 Å². The number of carboxylic acids is 1. The highest BCUT2D eigenvalue weighted by atomic mass is 32.2. The molecule has 0 spiro atoms. The summed E-state index contributed by atoms with van der Waals surface area (Å²) in [5.74, 6) is -1.07. The van der Waals surface area contributed by atoms with Crippen LogP contribution in [0.5, 0.6) is 0 Å². The predicted octanol–water partition coefficient (Wildman–Crippen LogP) is 9.89. The van der Waals surface area contributed by atoms with Gasteiger partial charge in [0, 0.05) is 17.9 Å². The molecule has 0 bridgehead atoms. The van der Waals surface area contributed by atoms with Gasteiger partial charge < -0.3 is 21.1 Å². The fourth-order valence-electron chi connectivity index (χ4n) is 5.86. The Kier molecular flexibility index (Phi) is 16.0. The van der Waals surface area contributed by atoms with Crippen LogP contribution < -0.4 is 16.0 Å². The third-order valence-electron chi connectivity index (χ3n) is 9.32. The number of hydrogen-bond donors (Lipinski definition) is 8. The minimum atomic E-state index is -4.84. The van der Waals surface area contributed by atoms with Crippen LogP contribution in [0.15, 0.2) is 194 Å². The molecule has 28 nitrogen and oxygen atoms in total. The average Bonchev–Trinajstić information content (AvgIpc) is 3.34. The summed E-state index contributed by atoms with van der Waals surface area (Å²) in [4.78, 5) is 22.2. The molecule has 32 heteroatoms. The van der Waals surface area contributed by atoms with E-state index < -0.39 is 56.2 Å². The molecule has 8 N–H and O–H groups in total. The maximum absolute atomic E-state index is 12.3. The highest BCUT2D eigenvalue weighted by Gasteiger charge is 2.19. The fourth-order valence-corrected chi connectivity index (χ4v) is 8.11. The van der Waals surface area contributed by atoms with Crippen LogP contribution in [0.25, 0.3) is 0 Å². The van der Waals surface area contributed by atoms with E-state index in [-0.39, 0.29) is 86.1 Å². The number of aromatic nitrogens is 3. The fraction of sp³-hybridized carbons (Fsp3) is 0.0476. The van der Waals surface area contributed by atoms with Crippen molar-refractivity contribution in [2.75, 3.05) is 22.5 Å². The lowest BCUT2D eigenvalue weighted by atomic mass is 10.3. The maximum Gasteiger partial charge on any atom is 0.305 e. The van der Waals surface area contributed by atoms with Gasteiger partial charge in [-0.3, -0.25) is 23.0 Å². The van der Waals surface area contributed by atoms with Gasteiger partial charge >= 0.3 is 5.97 Å². The molecule has 0 aliphatic rings. The Labute approximate surface area is 418 Å². The molecular formula is C42H34N14O14S4. The van der Waals surface area contributed by atoms with Gasteiger partial charge in [-0.1, -0.05) is 0 Å². The predicted molar refractivity (Wildman–Crippen MR) is 262 cm³/mol. The SMILES string of the molecule is O=C(O)CCNc1nc(Nc2ccc(N=Nc3ccc(N=Nc4ccc(S(=O)(=O)O)cc4)cc3S(=O)(=O)O)cc2)nc(Nc2ccc(N=Nc3ccc(N=Nc4ccc(S(=O)(=O)O)cc4)cc3S(=O)(=O)O)cc2)n1. The second-order valence-corrected chi connectivity index (χ2v) is 20.3. The van der Waals surface area contributed by atoms with Crippen molar-refractivity contribution in [2.45, 2.75) is 26.0 Å². The molecule has 1 heterocycles. The number of azo groups is 4. The van der Waals surface area contributed by atoms with Crippen LogP contribution in [0.3, 0.4) is 0 Å². The van der Waals surface area contributed by atoms with Crippen molar-refractivity contribution in [1.29, 1.82) is 0 Å². The van der Waals surface area contributed by atoms with Gasteiger partial charge in [0.25, 0.3) is 40.5 Å². The summed E-state index contributed by atoms with van der Waals surface area (Å²) in [6.45, 7) is -0.0391. The first kappa shape index (κ1) is 53.0. The standard InChI is InChI=1S/C42H34N14O14S4/c57-39(58)21-22-43-40-46-41(44-25-1-5-27(6-2-25)51-55-35-19-13-31(23-37(35)73(65,66)67)53-49-29-9-15-33(16-10-29)71(59,60)61)48-42(47-40)45-26-3-7-28(8-4-26)52-56-36-20-14-32(24-38(36)74(68,69)70)54-50-30-11-17-34(18-12-30)72(62,63)64/h1-20,23-24H,21-22H2,(H,57,58)(H,59,60,61)(H,62,63,64)(H,65,66,67)(H,68,69,70)(H3,43,44,45,46,47,48). The summed E-state index contributed by atoms with van der Waals surface area (Å²) < 4.78 is 132. The van der Waals surface area contributed by atoms with Gasteiger partial charge in [0.2, 0.25) is 17.8 Å². The Morgan fingerprint density at radius 1 is 0.405 bits per heavy atom. The lowest BCUT2D eigenvalue weighted by Crippen LogP contribution is -2.12. The molecule has 7 aromatic rings. The molecule has 0 fully saturated rings. The van der Waals surface area contributed by atoms with Gasteiger partial charge in [0.1, 0.15) is 21.2 Å². The zero-order valence-corrected chi connectivity index (χ0v) is 40.3. The van der Waals surface area contributed by atoms with Crippen LogP contribution in [0.2, 0.25) is 0 Å². The van der Waals surface area contributed by atoms with Gasteiger partial charge in [-0.15, -0.1) is 10.2 Å². The first-order chi connectivity index (χ1) is 34.9. The molecule has 74 heavy (non-hydrogen) atoms. The van der Waals surface area contributed by atoms with Crippen molar-refractivity contribution in [3.05, 3.63) is 133 Å². The van der Waals surface area contributed by atoms with Gasteiger partial charge in [-0.05, 0) is 133 Å². The average molecular weight is 1090 g/mol. The number of nitrogens with one attached hydrogen (secondary N) is 3. The van der Waals surface area contributed by atoms with Gasteiger partial charge in [-0.25, -0.2) is 0 Å². The Bertz CT molecular complexity index is 3590. The van der Waals surface area contributed by atoms with Gasteiger partial charge in [0.15, 0.2) is 0 Å². The van der Waals surface area contributed by atoms with Crippen LogP contribution >= 0.6 is 0 Å². The number of aliphatic carboxylic acids is 1. The topological polar surface area (TPSA) is 428 Å². The molecule has 0 unspecified atom stereocenters. The lowest BCUT2D eigenvalue weighted by molar-refractivity contribution is -0.136. The minimum absolute atomic E-state index is 0.00161. The van der Waals surface area contributed by atoms with Crippen molar-refractivity contribution >= 4 is 121 Å². The summed E-state index contributed by atoms with van der Waals surface area (Å²) in [5, 5.41) is 49.7. The van der Waals surface area contributed by atoms with E-state index in [9.17, 15) is 47.6 Å². The zero-order valence-electron chi connectivity index (χ0n) is 37.1. The number of carbonyl (C=O) groups is 1. The Balaban J connectivity index is 1.03. The molecule has 0 saturated carbocycles. The number of benzene rings is 6. The van der Waals surface area contributed by atoms with E-state index in [0.29, 0.717) is 11.4 Å². The summed E-state index contributed by atoms with van der Waals surface area (Å²) in [6.07, 6.45) is -0.261. The largest absolute Gasteiger partial charge is 0.481 e. The van der Waals surface area contributed by atoms with Crippen molar-refractivity contribution in [3.8, 4) is 0 Å². The number of carboxylic acid groups (broad SMARTS) is 1. The first-order valence-corrected chi connectivity index (χ1v) is 26.2. The smallest absolute Gasteiger partial charge is 0.305 e. The van der Waals surface area contributed by atoms with E-state index in [1.54, 1.807) is 24.3 Å². The van der Waals surface area contributed by atoms with E-state index in [0.717, 1.165) is 36.4 Å². The van der Waals surface area contributed by atoms with E-state index in [1.165, 1.54) is 72.8 Å². The number of rotatable bonds is 20. The molecule has 0 radical (unpaired) electrons. The molecule has 0 amide bonds. The minimum Gasteiger partial charge on any atom is -0.481 e. The Hall–Kier alpha value is -8.76. The Morgan fingerprint density at radius 3 is 1.05 bits per heavy atom. The highest BCUT2D eigenvalue weighted by Crippen LogP contribution is 2.34. The summed E-state index contributed by atoms with van der Waals surface area (Å²) in [6, 6.07) is 28.8. The van der Waals surface area contributed by atoms with Crippen molar-refractivity contribution < 1.29 is 61.8 Å². The van der Waals surface area contributed by atoms with Crippen molar-refractivity contribution in [2.24, 2.45) is 40.9 Å². The van der Waals surface area contributed by atoms with Gasteiger partial charge in [0.05, 0.1) is 50.3 Å². The second kappa shape index (κ2) is 22.3. The van der Waals surface area contributed by atoms with E-state index in [4.69, 9.17) is 14.2 Å². The number of anilines is 5. The molecule has 0 aliphatic heterocycles. The van der Waals surface area contributed by atoms with Crippen molar-refractivity contribution in [3.63, 3.8) is 0 Å². The lowest BCUT2D eigenvalue weighted by Gasteiger charge is -2.11. The number of nitrogens with zero attached hydrogens (tertiary/aromatic N) is 11.